The molecule has 0 unspecified atom stereocenters. The fourth-order valence-corrected chi connectivity index (χ4v) is 3.14. The maximum atomic E-state index is 11.3. The highest BCUT2D eigenvalue weighted by atomic mass is 16.3. The minimum Gasteiger partial charge on any atom is -0.392 e. The molecule has 2 nitrogen and oxygen atoms in total. The number of Topliss-reactive ketones (excluding diaryl/α,β-unsaturated/α-hetero) is 1. The Hall–Kier alpha value is -0.630. The Bertz CT molecular complexity index is 306. The van der Waals surface area contributed by atoms with Gasteiger partial charge in [0.25, 0.3) is 0 Å². The van der Waals surface area contributed by atoms with Gasteiger partial charge in [0.05, 0.1) is 6.10 Å². The molecule has 0 spiro atoms. The molecule has 2 aliphatic rings. The second kappa shape index (κ2) is 3.75. The molecule has 1 saturated carbocycles. The van der Waals surface area contributed by atoms with Gasteiger partial charge in [-0.1, -0.05) is 19.4 Å². The quantitative estimate of drug-likeness (QED) is 0.718. The van der Waals surface area contributed by atoms with Crippen LogP contribution < -0.4 is 0 Å². The maximum absolute atomic E-state index is 11.3. The molecule has 0 saturated heterocycles. The Morgan fingerprint density at radius 1 is 1.53 bits per heavy atom. The zero-order valence-corrected chi connectivity index (χ0v) is 9.62. The molecule has 0 aromatic heterocycles. The Balaban J connectivity index is 2.28. The molecule has 2 rings (SSSR count). The van der Waals surface area contributed by atoms with Gasteiger partial charge in [-0.05, 0) is 43.6 Å². The molecule has 1 N–H and O–H groups in total. The van der Waals surface area contributed by atoms with Gasteiger partial charge in [-0.3, -0.25) is 4.79 Å². The number of fused-ring (bicyclic) bond motifs is 1. The topological polar surface area (TPSA) is 37.3 Å². The monoisotopic (exact) mass is 208 g/mol. The summed E-state index contributed by atoms with van der Waals surface area (Å²) in [4.78, 5) is 11.3. The van der Waals surface area contributed by atoms with Crippen LogP contribution in [0.5, 0.6) is 0 Å². The lowest BCUT2D eigenvalue weighted by Gasteiger charge is -2.46. The summed E-state index contributed by atoms with van der Waals surface area (Å²) in [5.41, 5.74) is 1.16. The number of ketones is 1. The Morgan fingerprint density at radius 2 is 2.27 bits per heavy atom. The summed E-state index contributed by atoms with van der Waals surface area (Å²) in [5, 5.41) is 10.0. The minimum absolute atomic E-state index is 0.176. The van der Waals surface area contributed by atoms with Crippen LogP contribution >= 0.6 is 0 Å². The molecular formula is C13H20O2. The van der Waals surface area contributed by atoms with Crippen LogP contribution in [0.15, 0.2) is 11.6 Å². The van der Waals surface area contributed by atoms with E-state index in [1.165, 1.54) is 6.42 Å². The number of hydrogen-bond donors (Lipinski definition) is 1. The van der Waals surface area contributed by atoms with Gasteiger partial charge < -0.3 is 5.11 Å². The largest absolute Gasteiger partial charge is 0.392 e. The van der Waals surface area contributed by atoms with Gasteiger partial charge in [0.15, 0.2) is 5.78 Å². The van der Waals surface area contributed by atoms with Crippen LogP contribution in [0.25, 0.3) is 0 Å². The molecular weight excluding hydrogens is 188 g/mol. The zero-order valence-electron chi connectivity index (χ0n) is 9.62. The third-order valence-corrected chi connectivity index (χ3v) is 4.27. The summed E-state index contributed by atoms with van der Waals surface area (Å²) in [6, 6.07) is 0. The summed E-state index contributed by atoms with van der Waals surface area (Å²) in [7, 11) is 0. The van der Waals surface area contributed by atoms with Crippen molar-refractivity contribution < 1.29 is 9.90 Å². The first kappa shape index (κ1) is 10.9. The molecule has 0 radical (unpaired) electrons. The lowest BCUT2D eigenvalue weighted by molar-refractivity contribution is -0.114. The first-order chi connectivity index (χ1) is 7.03. The van der Waals surface area contributed by atoms with Crippen molar-refractivity contribution in [3.05, 3.63) is 11.6 Å². The van der Waals surface area contributed by atoms with Gasteiger partial charge in [-0.15, -0.1) is 0 Å². The van der Waals surface area contributed by atoms with Crippen LogP contribution in [0, 0.1) is 11.3 Å². The van der Waals surface area contributed by atoms with Crippen molar-refractivity contribution in [1.29, 1.82) is 0 Å². The average molecular weight is 208 g/mol. The highest BCUT2D eigenvalue weighted by molar-refractivity contribution is 5.93. The number of rotatable bonds is 1. The third kappa shape index (κ3) is 1.87. The smallest absolute Gasteiger partial charge is 0.155 e. The van der Waals surface area contributed by atoms with Gasteiger partial charge in [-0.2, -0.15) is 0 Å². The lowest BCUT2D eigenvalue weighted by atomic mass is 9.60. The molecule has 0 aromatic rings. The molecule has 0 aromatic carbocycles. The van der Waals surface area contributed by atoms with E-state index in [0.717, 1.165) is 31.3 Å². The molecule has 0 bridgehead atoms. The van der Waals surface area contributed by atoms with E-state index in [4.69, 9.17) is 0 Å². The van der Waals surface area contributed by atoms with Crippen LogP contribution in [-0.4, -0.2) is 17.0 Å². The third-order valence-electron chi connectivity index (χ3n) is 4.27. The van der Waals surface area contributed by atoms with Crippen LogP contribution in [0.4, 0.5) is 0 Å². The summed E-state index contributed by atoms with van der Waals surface area (Å²) in [5.74, 6) is 0.383. The van der Waals surface area contributed by atoms with E-state index in [2.05, 4.69) is 13.0 Å². The summed E-state index contributed by atoms with van der Waals surface area (Å²) >= 11 is 0. The van der Waals surface area contributed by atoms with Crippen molar-refractivity contribution in [2.45, 2.75) is 52.1 Å². The fraction of sp³-hybridized carbons (Fsp3) is 0.769. The SMILES string of the molecule is CC(=O)C1=C[C@@H]2[C@H](O)CCC[C@@]2(C)CC1. The number of carbonyl (C=O) groups is 1. The van der Waals surface area contributed by atoms with E-state index in [0.29, 0.717) is 0 Å². The number of hydrogen-bond acceptors (Lipinski definition) is 2. The molecule has 2 heteroatoms. The molecule has 0 amide bonds. The number of aliphatic hydroxyl groups excluding tert-OH is 1. The van der Waals surface area contributed by atoms with Crippen molar-refractivity contribution in [2.75, 3.05) is 0 Å². The molecule has 3 atom stereocenters. The van der Waals surface area contributed by atoms with E-state index in [9.17, 15) is 9.90 Å². The average Bonchev–Trinajstić information content (AvgIpc) is 2.17. The van der Waals surface area contributed by atoms with E-state index < -0.39 is 0 Å². The molecule has 15 heavy (non-hydrogen) atoms. The molecule has 0 aliphatic heterocycles. The summed E-state index contributed by atoms with van der Waals surface area (Å²) in [6.07, 6.45) is 6.97. The van der Waals surface area contributed by atoms with Crippen molar-refractivity contribution >= 4 is 5.78 Å². The number of aliphatic hydroxyl groups is 1. The van der Waals surface area contributed by atoms with Crippen LogP contribution in [-0.2, 0) is 4.79 Å². The number of carbonyl (C=O) groups excluding carboxylic acids is 1. The second-order valence-corrected chi connectivity index (χ2v) is 5.39. The molecule has 2 aliphatic carbocycles. The Morgan fingerprint density at radius 3 is 2.93 bits per heavy atom. The van der Waals surface area contributed by atoms with E-state index in [1.54, 1.807) is 6.92 Å². The molecule has 0 heterocycles. The highest BCUT2D eigenvalue weighted by Crippen LogP contribution is 2.49. The predicted octanol–water partition coefficient (Wildman–Crippen LogP) is 2.46. The zero-order chi connectivity index (χ0) is 11.1. The number of allylic oxidation sites excluding steroid dienone is 1. The van der Waals surface area contributed by atoms with Crippen LogP contribution in [0.1, 0.15) is 46.0 Å². The fourth-order valence-electron chi connectivity index (χ4n) is 3.14. The van der Waals surface area contributed by atoms with Crippen LogP contribution in [0.3, 0.4) is 0 Å². The Kier molecular flexibility index (Phi) is 2.72. The van der Waals surface area contributed by atoms with Crippen molar-refractivity contribution in [2.24, 2.45) is 11.3 Å². The maximum Gasteiger partial charge on any atom is 0.155 e. The predicted molar refractivity (Wildman–Crippen MR) is 59.5 cm³/mol. The Labute approximate surface area is 91.4 Å². The van der Waals surface area contributed by atoms with Gasteiger partial charge in [-0.25, -0.2) is 0 Å². The van der Waals surface area contributed by atoms with E-state index in [-0.39, 0.29) is 23.2 Å². The molecule has 1 fully saturated rings. The second-order valence-electron chi connectivity index (χ2n) is 5.39. The summed E-state index contributed by atoms with van der Waals surface area (Å²) < 4.78 is 0. The molecule has 84 valence electrons. The van der Waals surface area contributed by atoms with Gasteiger partial charge in [0, 0.05) is 5.92 Å². The first-order valence-electron chi connectivity index (χ1n) is 5.93. The van der Waals surface area contributed by atoms with Crippen molar-refractivity contribution in [3.8, 4) is 0 Å². The first-order valence-corrected chi connectivity index (χ1v) is 5.93. The highest BCUT2D eigenvalue weighted by Gasteiger charge is 2.42. The standard InChI is InChI=1S/C13H20O2/c1-9(14)10-5-7-13(2)6-3-4-12(15)11(13)8-10/h8,11-12,15H,3-7H2,1-2H3/t11-,12-,13+/m1/s1. The van der Waals surface area contributed by atoms with E-state index in [1.807, 2.05) is 0 Å². The minimum atomic E-state index is -0.238. The summed E-state index contributed by atoms with van der Waals surface area (Å²) in [6.45, 7) is 3.89. The lowest BCUT2D eigenvalue weighted by Crippen LogP contribution is -2.41. The van der Waals surface area contributed by atoms with E-state index >= 15 is 0 Å². The van der Waals surface area contributed by atoms with Gasteiger partial charge in [0.1, 0.15) is 0 Å². The van der Waals surface area contributed by atoms with Crippen molar-refractivity contribution in [1.82, 2.24) is 0 Å². The normalized spacial score (nSPS) is 40.6. The van der Waals surface area contributed by atoms with Gasteiger partial charge in [0.2, 0.25) is 0 Å². The van der Waals surface area contributed by atoms with Gasteiger partial charge >= 0.3 is 0 Å². The van der Waals surface area contributed by atoms with Crippen LogP contribution in [0.2, 0.25) is 0 Å². The van der Waals surface area contributed by atoms with Crippen molar-refractivity contribution in [3.63, 3.8) is 0 Å².